The number of nitrogens with one attached hydrogen (secondary N) is 1. The molecule has 0 saturated carbocycles. The maximum atomic E-state index is 12.7. The summed E-state index contributed by atoms with van der Waals surface area (Å²) in [5.74, 6) is 1.51. The minimum atomic E-state index is 0. The second-order valence-electron chi connectivity index (χ2n) is 6.57. The van der Waals surface area contributed by atoms with Crippen LogP contribution < -0.4 is 5.32 Å². The van der Waals surface area contributed by atoms with Gasteiger partial charge in [0.15, 0.2) is 0 Å². The fourth-order valence-electron chi connectivity index (χ4n) is 3.35. The number of halogens is 1. The summed E-state index contributed by atoms with van der Waals surface area (Å²) in [6, 6.07) is 10.3. The first-order valence-corrected chi connectivity index (χ1v) is 8.73. The van der Waals surface area contributed by atoms with Gasteiger partial charge in [-0.05, 0) is 49.8 Å². The van der Waals surface area contributed by atoms with Crippen LogP contribution in [0.4, 0.5) is 0 Å². The van der Waals surface area contributed by atoms with Crippen LogP contribution in [-0.4, -0.2) is 30.4 Å². The van der Waals surface area contributed by atoms with Crippen molar-refractivity contribution < 1.29 is 4.79 Å². The Kier molecular flexibility index (Phi) is 9.27. The minimum absolute atomic E-state index is 0. The Morgan fingerprint density at radius 2 is 1.91 bits per heavy atom. The summed E-state index contributed by atoms with van der Waals surface area (Å²) in [4.78, 5) is 14.7. The molecule has 1 atom stereocenters. The molecule has 4 heteroatoms. The van der Waals surface area contributed by atoms with E-state index in [9.17, 15) is 4.79 Å². The maximum Gasteiger partial charge on any atom is 0.223 e. The fraction of sp³-hybridized carbons (Fsp3) is 0.632. The lowest BCUT2D eigenvalue weighted by Gasteiger charge is -2.30. The predicted octanol–water partition coefficient (Wildman–Crippen LogP) is 3.87. The van der Waals surface area contributed by atoms with Gasteiger partial charge in [-0.1, -0.05) is 44.2 Å². The van der Waals surface area contributed by atoms with E-state index in [-0.39, 0.29) is 12.4 Å². The zero-order valence-corrected chi connectivity index (χ0v) is 15.3. The molecule has 1 fully saturated rings. The summed E-state index contributed by atoms with van der Waals surface area (Å²) in [6.45, 7) is 8.19. The Morgan fingerprint density at radius 1 is 1.26 bits per heavy atom. The molecule has 0 spiro atoms. The molecule has 0 radical (unpaired) electrons. The molecule has 1 aromatic carbocycles. The van der Waals surface area contributed by atoms with Gasteiger partial charge in [0.05, 0.1) is 0 Å². The average molecular weight is 339 g/mol. The fourth-order valence-corrected chi connectivity index (χ4v) is 3.35. The van der Waals surface area contributed by atoms with Crippen LogP contribution in [-0.2, 0) is 11.3 Å². The van der Waals surface area contributed by atoms with Crippen LogP contribution >= 0.6 is 12.4 Å². The summed E-state index contributed by atoms with van der Waals surface area (Å²) in [7, 11) is 0. The normalized spacial score (nSPS) is 16.4. The van der Waals surface area contributed by atoms with Crippen molar-refractivity contribution in [2.75, 3.05) is 19.6 Å². The molecule has 1 amide bonds. The van der Waals surface area contributed by atoms with Gasteiger partial charge >= 0.3 is 0 Å². The van der Waals surface area contributed by atoms with Crippen molar-refractivity contribution in [2.24, 2.45) is 11.8 Å². The van der Waals surface area contributed by atoms with Crippen LogP contribution in [0.25, 0.3) is 0 Å². The molecule has 0 aromatic heterocycles. The predicted molar refractivity (Wildman–Crippen MR) is 98.8 cm³/mol. The molecule has 1 N–H and O–H groups in total. The minimum Gasteiger partial charge on any atom is -0.338 e. The second-order valence-corrected chi connectivity index (χ2v) is 6.57. The smallest absolute Gasteiger partial charge is 0.223 e. The van der Waals surface area contributed by atoms with Gasteiger partial charge in [-0.2, -0.15) is 0 Å². The van der Waals surface area contributed by atoms with Crippen LogP contribution in [0.5, 0.6) is 0 Å². The van der Waals surface area contributed by atoms with Gasteiger partial charge in [0.1, 0.15) is 0 Å². The third-order valence-electron chi connectivity index (χ3n) is 4.75. The van der Waals surface area contributed by atoms with Gasteiger partial charge in [-0.3, -0.25) is 4.79 Å². The first-order valence-electron chi connectivity index (χ1n) is 8.73. The number of nitrogens with zero attached hydrogens (tertiary/aromatic N) is 1. The maximum absolute atomic E-state index is 12.7. The standard InChI is InChI=1S/C19H30N2O.ClH/c1-3-13-21(15-17-7-5-4-6-8-17)19(22)14-16(2)18-9-11-20-12-10-18;/h4-8,16,18,20H,3,9-15H2,1-2H3;1H. The largest absolute Gasteiger partial charge is 0.338 e. The Balaban J connectivity index is 0.00000264. The zero-order chi connectivity index (χ0) is 15.8. The lowest BCUT2D eigenvalue weighted by molar-refractivity contribution is -0.133. The Bertz CT molecular complexity index is 446. The molecule has 1 saturated heterocycles. The molecule has 0 bridgehead atoms. The van der Waals surface area contributed by atoms with Crippen molar-refractivity contribution in [2.45, 2.75) is 46.1 Å². The number of rotatable bonds is 7. The molecule has 1 aliphatic heterocycles. The summed E-state index contributed by atoms with van der Waals surface area (Å²) in [6.07, 6.45) is 4.12. The first-order chi connectivity index (χ1) is 10.7. The Morgan fingerprint density at radius 3 is 2.52 bits per heavy atom. The van der Waals surface area contributed by atoms with Gasteiger partial charge in [-0.25, -0.2) is 0 Å². The summed E-state index contributed by atoms with van der Waals surface area (Å²) in [5.41, 5.74) is 1.22. The molecule has 2 rings (SSSR count). The van der Waals surface area contributed by atoms with Gasteiger partial charge in [0.2, 0.25) is 5.91 Å². The number of hydrogen-bond acceptors (Lipinski definition) is 2. The van der Waals surface area contributed by atoms with E-state index in [2.05, 4.69) is 31.3 Å². The molecule has 1 heterocycles. The van der Waals surface area contributed by atoms with Crippen molar-refractivity contribution in [3.63, 3.8) is 0 Å². The second kappa shape index (κ2) is 10.7. The van der Waals surface area contributed by atoms with Crippen molar-refractivity contribution in [3.05, 3.63) is 35.9 Å². The average Bonchev–Trinajstić information content (AvgIpc) is 2.56. The molecule has 1 aromatic rings. The lowest BCUT2D eigenvalue weighted by Crippen LogP contribution is -2.35. The van der Waals surface area contributed by atoms with Crippen LogP contribution in [0.15, 0.2) is 30.3 Å². The number of carbonyl (C=O) groups is 1. The van der Waals surface area contributed by atoms with Crippen LogP contribution in [0.3, 0.4) is 0 Å². The molecule has 3 nitrogen and oxygen atoms in total. The highest BCUT2D eigenvalue weighted by molar-refractivity contribution is 5.85. The molecule has 23 heavy (non-hydrogen) atoms. The van der Waals surface area contributed by atoms with Crippen molar-refractivity contribution in [1.29, 1.82) is 0 Å². The molecule has 1 unspecified atom stereocenters. The summed E-state index contributed by atoms with van der Waals surface area (Å²) >= 11 is 0. The Labute approximate surface area is 147 Å². The van der Waals surface area contributed by atoms with E-state index in [1.54, 1.807) is 0 Å². The quantitative estimate of drug-likeness (QED) is 0.818. The number of benzene rings is 1. The number of piperidine rings is 1. The van der Waals surface area contributed by atoms with Crippen molar-refractivity contribution >= 4 is 18.3 Å². The van der Waals surface area contributed by atoms with E-state index in [1.807, 2.05) is 23.1 Å². The van der Waals surface area contributed by atoms with Gasteiger partial charge in [-0.15, -0.1) is 12.4 Å². The van der Waals surface area contributed by atoms with Gasteiger partial charge < -0.3 is 10.2 Å². The molecule has 130 valence electrons. The SMILES string of the molecule is CCCN(Cc1ccccc1)C(=O)CC(C)C1CCNCC1.Cl. The van der Waals surface area contributed by atoms with Crippen LogP contribution in [0.1, 0.15) is 45.1 Å². The van der Waals surface area contributed by atoms with E-state index in [1.165, 1.54) is 18.4 Å². The van der Waals surface area contributed by atoms with E-state index in [0.717, 1.165) is 32.6 Å². The third kappa shape index (κ3) is 6.52. The zero-order valence-electron chi connectivity index (χ0n) is 14.5. The van der Waals surface area contributed by atoms with E-state index >= 15 is 0 Å². The van der Waals surface area contributed by atoms with Gasteiger partial charge in [0.25, 0.3) is 0 Å². The topological polar surface area (TPSA) is 32.3 Å². The highest BCUT2D eigenvalue weighted by Crippen LogP contribution is 2.25. The van der Waals surface area contributed by atoms with Crippen LogP contribution in [0.2, 0.25) is 0 Å². The third-order valence-corrected chi connectivity index (χ3v) is 4.75. The summed E-state index contributed by atoms with van der Waals surface area (Å²) < 4.78 is 0. The van der Waals surface area contributed by atoms with Gasteiger partial charge in [0, 0.05) is 19.5 Å². The van der Waals surface area contributed by atoms with E-state index in [0.29, 0.717) is 24.2 Å². The van der Waals surface area contributed by atoms with Crippen molar-refractivity contribution in [3.8, 4) is 0 Å². The lowest BCUT2D eigenvalue weighted by atomic mass is 9.84. The molecular formula is C19H31ClN2O. The molecule has 0 aliphatic carbocycles. The summed E-state index contributed by atoms with van der Waals surface area (Å²) in [5, 5.41) is 3.40. The monoisotopic (exact) mass is 338 g/mol. The van der Waals surface area contributed by atoms with Crippen LogP contribution in [0, 0.1) is 11.8 Å². The highest BCUT2D eigenvalue weighted by atomic mass is 35.5. The molecular weight excluding hydrogens is 308 g/mol. The highest BCUT2D eigenvalue weighted by Gasteiger charge is 2.24. The Hall–Kier alpha value is -1.06. The number of amides is 1. The first kappa shape index (κ1) is 20.0. The van der Waals surface area contributed by atoms with E-state index < -0.39 is 0 Å². The number of hydrogen-bond donors (Lipinski definition) is 1. The molecule has 1 aliphatic rings. The number of carbonyl (C=O) groups excluding carboxylic acids is 1. The van der Waals surface area contributed by atoms with Crippen molar-refractivity contribution in [1.82, 2.24) is 10.2 Å². The van der Waals surface area contributed by atoms with E-state index in [4.69, 9.17) is 0 Å².